The highest BCUT2D eigenvalue weighted by Crippen LogP contribution is 2.18. The van der Waals surface area contributed by atoms with Gasteiger partial charge in [-0.2, -0.15) is 4.98 Å². The molecule has 0 radical (unpaired) electrons. The summed E-state index contributed by atoms with van der Waals surface area (Å²) in [6.07, 6.45) is 8.89. The van der Waals surface area contributed by atoms with E-state index < -0.39 is 0 Å². The molecule has 0 spiro atoms. The maximum absolute atomic E-state index is 5.87. The Morgan fingerprint density at radius 3 is 2.46 bits per heavy atom. The monoisotopic (exact) mass is 452 g/mol. The summed E-state index contributed by atoms with van der Waals surface area (Å²) in [7, 11) is 0. The summed E-state index contributed by atoms with van der Waals surface area (Å²) in [5.41, 5.74) is 13.6. The Morgan fingerprint density at radius 1 is 1.04 bits per heavy atom. The molecule has 10 heteroatoms. The minimum Gasteiger partial charge on any atom is -0.431 e. The van der Waals surface area contributed by atoms with Gasteiger partial charge in [0, 0.05) is 13.1 Å². The van der Waals surface area contributed by atoms with Crippen LogP contribution >= 0.6 is 37.2 Å². The molecule has 2 aromatic heterocycles. The lowest BCUT2D eigenvalue weighted by Crippen LogP contribution is -2.23. The van der Waals surface area contributed by atoms with Crippen molar-refractivity contribution in [2.75, 3.05) is 11.9 Å². The fraction of sp³-hybridized carbons (Fsp3) is 0.500. The summed E-state index contributed by atoms with van der Waals surface area (Å²) >= 11 is 0. The third kappa shape index (κ3) is 10.1. The molecule has 0 saturated carbocycles. The number of hydrogen-bond acceptors (Lipinski definition) is 5. The van der Waals surface area contributed by atoms with E-state index >= 15 is 0 Å². The van der Waals surface area contributed by atoms with E-state index in [-0.39, 0.29) is 37.2 Å². The smallest absolute Gasteiger partial charge is 0.302 e. The minimum absolute atomic E-state index is 0. The molecule has 0 aliphatic rings. The molecule has 0 fully saturated rings. The molecule has 0 bridgehead atoms. The summed E-state index contributed by atoms with van der Waals surface area (Å²) in [5, 5.41) is 2.87. The number of halogens is 3. The van der Waals surface area contributed by atoms with Gasteiger partial charge in [0.15, 0.2) is 5.96 Å². The molecular weight excluding hydrogens is 423 g/mol. The average molecular weight is 454 g/mol. The summed E-state index contributed by atoms with van der Waals surface area (Å²) < 4.78 is 5.38. The number of rotatable bonds is 10. The Kier molecular flexibility index (Phi) is 16.8. The summed E-state index contributed by atoms with van der Waals surface area (Å²) in [6, 6.07) is 5.92. The van der Waals surface area contributed by atoms with Crippen LogP contribution in [0.25, 0.3) is 11.4 Å². The highest BCUT2D eigenvalue weighted by molar-refractivity contribution is 5.90. The van der Waals surface area contributed by atoms with E-state index in [1.165, 1.54) is 38.4 Å². The number of nitrogens with two attached hydrogens (primary N) is 2. The molecule has 7 nitrogen and oxygen atoms in total. The van der Waals surface area contributed by atoms with E-state index in [1.807, 2.05) is 18.2 Å². The molecule has 0 unspecified atom stereocenters. The standard InChI is InChI=1S/C18H28N6O.3ClH/c1-2-3-4-5-6-7-11-21-17(20)24-18-23-16(13-25-18)15-10-8-9-14(12-19)22-15;;;/h8-10,13H,2-7,11-12,19H2,1H3,(H3,20,21,23,24);3*1H. The highest BCUT2D eigenvalue weighted by atomic mass is 35.5. The number of aromatic nitrogens is 2. The fourth-order valence-corrected chi connectivity index (χ4v) is 2.43. The van der Waals surface area contributed by atoms with Gasteiger partial charge in [-0.3, -0.25) is 10.3 Å². The number of pyridine rings is 1. The number of hydrogen-bond donors (Lipinski definition) is 3. The van der Waals surface area contributed by atoms with E-state index in [2.05, 4.69) is 27.2 Å². The lowest BCUT2D eigenvalue weighted by molar-refractivity contribution is 0.579. The summed E-state index contributed by atoms with van der Waals surface area (Å²) in [5.74, 6) is 0.311. The van der Waals surface area contributed by atoms with E-state index in [0.29, 0.717) is 36.5 Å². The van der Waals surface area contributed by atoms with Gasteiger partial charge in [-0.1, -0.05) is 45.1 Å². The van der Waals surface area contributed by atoms with Gasteiger partial charge in [0.1, 0.15) is 12.0 Å². The molecule has 0 aromatic carbocycles. The Balaban J connectivity index is 0. The molecule has 5 N–H and O–H groups in total. The van der Waals surface area contributed by atoms with Crippen molar-refractivity contribution in [3.05, 3.63) is 30.2 Å². The lowest BCUT2D eigenvalue weighted by Gasteiger charge is -2.01. The largest absolute Gasteiger partial charge is 0.431 e. The second kappa shape index (κ2) is 16.4. The molecule has 0 aliphatic carbocycles. The van der Waals surface area contributed by atoms with Crippen molar-refractivity contribution in [2.24, 2.45) is 16.5 Å². The van der Waals surface area contributed by atoms with Crippen LogP contribution in [-0.4, -0.2) is 22.5 Å². The van der Waals surface area contributed by atoms with Crippen LogP contribution in [0.1, 0.15) is 51.1 Å². The number of nitrogens with one attached hydrogen (secondary N) is 1. The topological polar surface area (TPSA) is 115 Å². The summed E-state index contributed by atoms with van der Waals surface area (Å²) in [6.45, 7) is 3.31. The van der Waals surface area contributed by atoms with E-state index in [0.717, 1.165) is 12.1 Å². The van der Waals surface area contributed by atoms with Crippen LogP contribution in [0.2, 0.25) is 0 Å². The van der Waals surface area contributed by atoms with Crippen molar-refractivity contribution in [3.8, 4) is 11.4 Å². The first kappa shape index (κ1) is 28.7. The van der Waals surface area contributed by atoms with Crippen molar-refractivity contribution in [2.45, 2.75) is 52.0 Å². The Morgan fingerprint density at radius 2 is 1.75 bits per heavy atom. The Bertz CT molecular complexity index is 681. The Hall–Kier alpha value is -1.54. The fourth-order valence-electron chi connectivity index (χ4n) is 2.43. The third-order valence-corrected chi connectivity index (χ3v) is 3.81. The molecule has 28 heavy (non-hydrogen) atoms. The minimum atomic E-state index is 0. The first-order valence-electron chi connectivity index (χ1n) is 8.91. The van der Waals surface area contributed by atoms with Crippen molar-refractivity contribution >= 4 is 49.2 Å². The highest BCUT2D eigenvalue weighted by Gasteiger charge is 2.08. The number of guanidine groups is 1. The SMILES string of the molecule is CCCCCCCCN=C(N)Nc1nc(-c2cccc(CN)n2)co1.Cl.Cl.Cl. The molecule has 160 valence electrons. The zero-order chi connectivity index (χ0) is 17.9. The predicted octanol–water partition coefficient (Wildman–Crippen LogP) is 4.55. The van der Waals surface area contributed by atoms with Gasteiger partial charge in [-0.25, -0.2) is 4.98 Å². The number of oxazole rings is 1. The molecule has 2 aromatic rings. The van der Waals surface area contributed by atoms with E-state index in [9.17, 15) is 0 Å². The van der Waals surface area contributed by atoms with Crippen LogP contribution in [0.4, 0.5) is 6.01 Å². The van der Waals surface area contributed by atoms with Crippen molar-refractivity contribution in [3.63, 3.8) is 0 Å². The predicted molar refractivity (Wildman–Crippen MR) is 123 cm³/mol. The van der Waals surface area contributed by atoms with Crippen LogP contribution in [-0.2, 0) is 6.54 Å². The van der Waals surface area contributed by atoms with Crippen LogP contribution in [0, 0.1) is 0 Å². The zero-order valence-corrected chi connectivity index (χ0v) is 18.5. The maximum atomic E-state index is 5.87. The Labute approximate surface area is 185 Å². The molecule has 0 atom stereocenters. The van der Waals surface area contributed by atoms with Gasteiger partial charge in [0.25, 0.3) is 0 Å². The van der Waals surface area contributed by atoms with Crippen LogP contribution < -0.4 is 16.8 Å². The van der Waals surface area contributed by atoms with Gasteiger partial charge in [0.2, 0.25) is 0 Å². The second-order valence-corrected chi connectivity index (χ2v) is 5.92. The van der Waals surface area contributed by atoms with Crippen molar-refractivity contribution in [1.82, 2.24) is 9.97 Å². The lowest BCUT2D eigenvalue weighted by atomic mass is 10.1. The van der Waals surface area contributed by atoms with Gasteiger partial charge in [-0.05, 0) is 18.6 Å². The van der Waals surface area contributed by atoms with Gasteiger partial charge < -0.3 is 15.9 Å². The van der Waals surface area contributed by atoms with Crippen LogP contribution in [0.5, 0.6) is 0 Å². The molecular formula is C18H31Cl3N6O. The number of unbranched alkanes of at least 4 members (excludes halogenated alkanes) is 5. The summed E-state index contributed by atoms with van der Waals surface area (Å²) in [4.78, 5) is 13.0. The first-order valence-corrected chi connectivity index (χ1v) is 8.91. The number of nitrogens with zero attached hydrogens (tertiary/aromatic N) is 3. The van der Waals surface area contributed by atoms with E-state index in [1.54, 1.807) is 0 Å². The van der Waals surface area contributed by atoms with Crippen molar-refractivity contribution in [1.29, 1.82) is 0 Å². The molecule has 0 aliphatic heterocycles. The third-order valence-electron chi connectivity index (χ3n) is 3.81. The molecule has 2 heterocycles. The van der Waals surface area contributed by atoms with Crippen LogP contribution in [0.15, 0.2) is 33.9 Å². The maximum Gasteiger partial charge on any atom is 0.302 e. The van der Waals surface area contributed by atoms with Gasteiger partial charge in [-0.15, -0.1) is 37.2 Å². The number of anilines is 1. The molecule has 0 amide bonds. The molecule has 0 saturated heterocycles. The molecule has 2 rings (SSSR count). The second-order valence-electron chi connectivity index (χ2n) is 5.92. The van der Waals surface area contributed by atoms with Gasteiger partial charge in [0.05, 0.1) is 11.4 Å². The van der Waals surface area contributed by atoms with Crippen molar-refractivity contribution < 1.29 is 4.42 Å². The van der Waals surface area contributed by atoms with Gasteiger partial charge >= 0.3 is 6.01 Å². The van der Waals surface area contributed by atoms with Crippen LogP contribution in [0.3, 0.4) is 0 Å². The average Bonchev–Trinajstić information content (AvgIpc) is 3.09. The number of aliphatic imine (C=N–C) groups is 1. The zero-order valence-electron chi connectivity index (χ0n) is 16.1. The quantitative estimate of drug-likeness (QED) is 0.276. The van der Waals surface area contributed by atoms with E-state index in [4.69, 9.17) is 15.9 Å². The normalized spacial score (nSPS) is 10.4. The first-order chi connectivity index (χ1) is 12.2.